The summed E-state index contributed by atoms with van der Waals surface area (Å²) in [6.07, 6.45) is 2.60. The van der Waals surface area contributed by atoms with Crippen molar-refractivity contribution in [3.05, 3.63) is 69.6 Å². The quantitative estimate of drug-likeness (QED) is 0.0549. The molecule has 6 rings (SSSR count). The van der Waals surface area contributed by atoms with E-state index in [0.717, 1.165) is 11.0 Å². The number of amides is 5. The molecule has 0 spiro atoms. The molecule has 3 aromatic rings. The number of fused-ring (bicyclic) bond motifs is 1. The zero-order chi connectivity index (χ0) is 44.9. The van der Waals surface area contributed by atoms with E-state index in [1.807, 2.05) is 0 Å². The predicted molar refractivity (Wildman–Crippen MR) is 228 cm³/mol. The summed E-state index contributed by atoms with van der Waals surface area (Å²) in [6, 6.07) is 7.75. The van der Waals surface area contributed by atoms with Crippen molar-refractivity contribution in [2.45, 2.75) is 37.8 Å². The molecular formula is C39H48BrFN10O11S. The lowest BCUT2D eigenvalue weighted by Gasteiger charge is -2.31. The lowest BCUT2D eigenvalue weighted by atomic mass is 10.0. The predicted octanol–water partition coefficient (Wildman–Crippen LogP) is 1.51. The molecule has 1 atom stereocenters. The molecule has 340 valence electrons. The molecule has 4 heterocycles. The summed E-state index contributed by atoms with van der Waals surface area (Å²) in [4.78, 5) is 71.5. The Hall–Kier alpha value is -5.21. The maximum atomic E-state index is 14.2. The van der Waals surface area contributed by atoms with Gasteiger partial charge in [0.15, 0.2) is 0 Å². The van der Waals surface area contributed by atoms with Gasteiger partial charge in [-0.2, -0.15) is 22.4 Å². The van der Waals surface area contributed by atoms with E-state index in [1.54, 1.807) is 12.1 Å². The Labute approximate surface area is 370 Å². The van der Waals surface area contributed by atoms with E-state index in [4.69, 9.17) is 24.7 Å². The summed E-state index contributed by atoms with van der Waals surface area (Å²) in [5, 5.41) is 11.4. The van der Waals surface area contributed by atoms with E-state index in [-0.39, 0.29) is 85.9 Å². The highest BCUT2D eigenvalue weighted by molar-refractivity contribution is 9.10. The van der Waals surface area contributed by atoms with Gasteiger partial charge in [-0.05, 0) is 59.5 Å². The number of nitrogens with one attached hydrogen (secondary N) is 5. The fourth-order valence-electron chi connectivity index (χ4n) is 6.97. The Morgan fingerprint density at radius 1 is 0.873 bits per heavy atom. The van der Waals surface area contributed by atoms with Gasteiger partial charge in [-0.1, -0.05) is 12.1 Å². The number of anilines is 4. The Balaban J connectivity index is 0.768. The van der Waals surface area contributed by atoms with Crippen molar-refractivity contribution in [1.29, 1.82) is 0 Å². The SMILES string of the molecule is NC(=O)c1c(F)cccc1Nc1nc(NC2CCN(S(=O)(=O)NCCOCCOCCOCCOCCNc3cccc4c3C(=O)N(C3CCC(=O)NC3=O)C4=O)CC2)ncc1Br. The molecule has 0 aliphatic carbocycles. The van der Waals surface area contributed by atoms with Crippen molar-refractivity contribution in [3.8, 4) is 0 Å². The van der Waals surface area contributed by atoms with Crippen LogP contribution in [0.15, 0.2) is 47.1 Å². The zero-order valence-electron chi connectivity index (χ0n) is 34.0. The van der Waals surface area contributed by atoms with Crippen LogP contribution >= 0.6 is 15.9 Å². The van der Waals surface area contributed by atoms with Crippen LogP contribution in [0.2, 0.25) is 0 Å². The molecule has 1 unspecified atom stereocenters. The number of ether oxygens (including phenoxy) is 4. The number of nitrogens with two attached hydrogens (primary N) is 1. The summed E-state index contributed by atoms with van der Waals surface area (Å²) in [5.74, 6) is -3.43. The number of benzene rings is 2. The second kappa shape index (κ2) is 22.4. The number of nitrogens with zero attached hydrogens (tertiary/aromatic N) is 4. The molecule has 21 nitrogen and oxygen atoms in total. The summed E-state index contributed by atoms with van der Waals surface area (Å²) < 4.78 is 66.5. The number of aromatic nitrogens is 2. The minimum absolute atomic E-state index is 0.0427. The molecule has 0 saturated carbocycles. The van der Waals surface area contributed by atoms with Gasteiger partial charge in [0.25, 0.3) is 27.9 Å². The second-order valence-electron chi connectivity index (χ2n) is 14.3. The summed E-state index contributed by atoms with van der Waals surface area (Å²) >= 11 is 3.35. The molecule has 24 heteroatoms. The van der Waals surface area contributed by atoms with Crippen LogP contribution in [0.25, 0.3) is 0 Å². The molecule has 2 saturated heterocycles. The summed E-state index contributed by atoms with van der Waals surface area (Å²) in [6.45, 7) is 3.23. The fourth-order valence-corrected chi connectivity index (χ4v) is 8.48. The lowest BCUT2D eigenvalue weighted by Crippen LogP contribution is -2.54. The third-order valence-corrected chi connectivity index (χ3v) is 12.3. The summed E-state index contributed by atoms with van der Waals surface area (Å²) in [5.41, 5.74) is 6.01. The number of piperidine rings is 2. The molecule has 0 bridgehead atoms. The average molecular weight is 964 g/mol. The smallest absolute Gasteiger partial charge is 0.279 e. The number of halogens is 2. The van der Waals surface area contributed by atoms with Crippen LogP contribution < -0.4 is 31.7 Å². The molecule has 3 aliphatic rings. The molecule has 2 aromatic carbocycles. The number of primary amides is 1. The van der Waals surface area contributed by atoms with Gasteiger partial charge >= 0.3 is 0 Å². The molecule has 3 aliphatic heterocycles. The van der Waals surface area contributed by atoms with Gasteiger partial charge < -0.3 is 40.6 Å². The average Bonchev–Trinajstić information content (AvgIpc) is 3.50. The van der Waals surface area contributed by atoms with Gasteiger partial charge in [-0.25, -0.2) is 9.37 Å². The number of rotatable bonds is 24. The number of imide groups is 2. The third kappa shape index (κ3) is 12.5. The molecule has 5 amide bonds. The first-order valence-corrected chi connectivity index (χ1v) is 22.4. The van der Waals surface area contributed by atoms with Gasteiger partial charge in [0.2, 0.25) is 17.8 Å². The Bertz CT molecular complexity index is 2270. The van der Waals surface area contributed by atoms with Crippen molar-refractivity contribution in [2.24, 2.45) is 5.73 Å². The number of carbonyl (C=O) groups excluding carboxylic acids is 5. The number of carbonyl (C=O) groups is 5. The molecule has 1 aromatic heterocycles. The van der Waals surface area contributed by atoms with E-state index in [1.165, 1.54) is 28.7 Å². The summed E-state index contributed by atoms with van der Waals surface area (Å²) in [7, 11) is -3.73. The van der Waals surface area contributed by atoms with Crippen molar-refractivity contribution in [2.75, 3.05) is 95.0 Å². The van der Waals surface area contributed by atoms with Crippen LogP contribution in [0.4, 0.5) is 27.5 Å². The van der Waals surface area contributed by atoms with Crippen molar-refractivity contribution in [3.63, 3.8) is 0 Å². The minimum atomic E-state index is -3.73. The molecule has 0 radical (unpaired) electrons. The van der Waals surface area contributed by atoms with E-state index in [9.17, 15) is 36.8 Å². The monoisotopic (exact) mass is 962 g/mol. The standard InChI is InChI=1S/C39H48BrFN10O11S/c40-26-23-44-39(49-35(26)47-29-6-2-4-27(41)33(29)34(42)53)46-24-9-13-50(14-10-24)63(57,58)45-12-16-60-18-20-62-22-21-61-19-17-59-15-11-43-28-5-1-3-25-32(28)38(56)51(37(25)55)30-7-8-31(52)48-36(30)54/h1-6,23-24,30,43,45H,7-22H2,(H2,42,53)(H,48,52,54)(H2,44,46,47,49). The Kier molecular flexibility index (Phi) is 16.8. The van der Waals surface area contributed by atoms with Gasteiger partial charge in [0.1, 0.15) is 17.7 Å². The molecular weight excluding hydrogens is 915 g/mol. The van der Waals surface area contributed by atoms with Crippen LogP contribution in [0.3, 0.4) is 0 Å². The topological polar surface area (TPSA) is 275 Å². The van der Waals surface area contributed by atoms with Gasteiger partial charge in [-0.3, -0.25) is 34.2 Å². The van der Waals surface area contributed by atoms with Crippen molar-refractivity contribution >= 4 is 78.8 Å². The molecule has 7 N–H and O–H groups in total. The fraction of sp³-hybridized carbons (Fsp3) is 0.462. The van der Waals surface area contributed by atoms with Gasteiger partial charge in [-0.15, -0.1) is 0 Å². The van der Waals surface area contributed by atoms with E-state index < -0.39 is 51.6 Å². The van der Waals surface area contributed by atoms with Crippen LogP contribution in [0, 0.1) is 5.82 Å². The number of hydrogen-bond acceptors (Lipinski definition) is 16. The highest BCUT2D eigenvalue weighted by Crippen LogP contribution is 2.32. The van der Waals surface area contributed by atoms with Crippen molar-refractivity contribution < 1.29 is 55.7 Å². The highest BCUT2D eigenvalue weighted by Gasteiger charge is 2.45. The van der Waals surface area contributed by atoms with Crippen LogP contribution in [-0.4, -0.2) is 148 Å². The third-order valence-electron chi connectivity index (χ3n) is 10.1. The maximum Gasteiger partial charge on any atom is 0.279 e. The second-order valence-corrected chi connectivity index (χ2v) is 16.9. The van der Waals surface area contributed by atoms with Crippen LogP contribution in [0.5, 0.6) is 0 Å². The van der Waals surface area contributed by atoms with Crippen LogP contribution in [-0.2, 0) is 38.7 Å². The van der Waals surface area contributed by atoms with E-state index in [2.05, 4.69) is 51.9 Å². The lowest BCUT2D eigenvalue weighted by molar-refractivity contribution is -0.136. The van der Waals surface area contributed by atoms with Crippen molar-refractivity contribution in [1.82, 2.24) is 29.2 Å². The van der Waals surface area contributed by atoms with Gasteiger partial charge in [0.05, 0.1) is 79.7 Å². The minimum Gasteiger partial charge on any atom is -0.382 e. The largest absolute Gasteiger partial charge is 0.382 e. The first-order valence-electron chi connectivity index (χ1n) is 20.1. The first-order chi connectivity index (χ1) is 30.3. The zero-order valence-corrected chi connectivity index (χ0v) is 36.4. The van der Waals surface area contributed by atoms with Crippen LogP contribution in [0.1, 0.15) is 56.8 Å². The normalized spacial score (nSPS) is 17.2. The highest BCUT2D eigenvalue weighted by atomic mass is 79.9. The number of hydrogen-bond donors (Lipinski definition) is 6. The molecule has 63 heavy (non-hydrogen) atoms. The van der Waals surface area contributed by atoms with Gasteiger partial charge in [0, 0.05) is 50.5 Å². The first kappa shape index (κ1) is 47.3. The van der Waals surface area contributed by atoms with E-state index >= 15 is 0 Å². The Morgan fingerprint density at radius 2 is 1.51 bits per heavy atom. The maximum absolute atomic E-state index is 14.2. The Morgan fingerprint density at radius 3 is 2.17 bits per heavy atom. The van der Waals surface area contributed by atoms with E-state index in [0.29, 0.717) is 69.2 Å². The molecule has 2 fully saturated rings.